The van der Waals surface area contributed by atoms with Gasteiger partial charge in [0.15, 0.2) is 6.61 Å². The second kappa shape index (κ2) is 9.00. The number of amides is 5. The highest BCUT2D eigenvalue weighted by atomic mass is 16.6. The molecule has 1 aromatic carbocycles. The predicted molar refractivity (Wildman–Crippen MR) is 110 cm³/mol. The van der Waals surface area contributed by atoms with E-state index in [4.69, 9.17) is 14.2 Å². The zero-order valence-corrected chi connectivity index (χ0v) is 18.7. The van der Waals surface area contributed by atoms with Gasteiger partial charge in [-0.3, -0.25) is 24.1 Å². The van der Waals surface area contributed by atoms with Crippen LogP contribution >= 0.6 is 0 Å². The lowest BCUT2D eigenvalue weighted by Gasteiger charge is -2.34. The Morgan fingerprint density at radius 2 is 1.79 bits per heavy atom. The number of hydrogen-bond donors (Lipinski definition) is 0. The van der Waals surface area contributed by atoms with E-state index in [1.54, 1.807) is 27.7 Å². The predicted octanol–water partition coefficient (Wildman–Crippen LogP) is 1.68. The molecule has 0 aromatic heterocycles. The van der Waals surface area contributed by atoms with Crippen molar-refractivity contribution in [3.8, 4) is 5.75 Å². The van der Waals surface area contributed by atoms with E-state index >= 15 is 0 Å². The van der Waals surface area contributed by atoms with Crippen molar-refractivity contribution >= 4 is 35.7 Å². The summed E-state index contributed by atoms with van der Waals surface area (Å²) in [5, 5.41) is 0. The van der Waals surface area contributed by atoms with Crippen LogP contribution in [0.2, 0.25) is 0 Å². The number of rotatable bonds is 5. The number of carbonyl (C=O) groups is 6. The Morgan fingerprint density at radius 1 is 1.09 bits per heavy atom. The Labute approximate surface area is 189 Å². The third-order valence-electron chi connectivity index (χ3n) is 4.83. The minimum absolute atomic E-state index is 0.0186. The molecular formula is C22H24N2O9. The number of imide groups is 4. The molecule has 1 atom stereocenters. The van der Waals surface area contributed by atoms with Crippen LogP contribution in [0.4, 0.5) is 4.79 Å². The fourth-order valence-electron chi connectivity index (χ4n) is 3.52. The molecule has 1 fully saturated rings. The van der Waals surface area contributed by atoms with Gasteiger partial charge in [0.2, 0.25) is 5.91 Å². The number of nitrogens with zero attached hydrogens (tertiary/aromatic N) is 2. The van der Waals surface area contributed by atoms with E-state index in [-0.39, 0.29) is 36.3 Å². The maximum Gasteiger partial charge on any atom is 0.424 e. The minimum atomic E-state index is -1.37. The highest BCUT2D eigenvalue weighted by Crippen LogP contribution is 2.34. The van der Waals surface area contributed by atoms with E-state index < -0.39 is 53.9 Å². The lowest BCUT2D eigenvalue weighted by atomic mass is 10.0. The summed E-state index contributed by atoms with van der Waals surface area (Å²) in [5.74, 6) is -4.08. The molecule has 0 N–H and O–H groups in total. The molecule has 0 saturated carbocycles. The van der Waals surface area contributed by atoms with Crippen LogP contribution < -0.4 is 4.74 Å². The quantitative estimate of drug-likeness (QED) is 0.475. The van der Waals surface area contributed by atoms with Crippen LogP contribution in [0.5, 0.6) is 5.75 Å². The molecule has 11 nitrogen and oxygen atoms in total. The summed E-state index contributed by atoms with van der Waals surface area (Å²) >= 11 is 0. The Bertz CT molecular complexity index is 1040. The molecule has 1 unspecified atom stereocenters. The van der Waals surface area contributed by atoms with E-state index in [0.717, 1.165) is 0 Å². The Balaban J connectivity index is 1.87. The van der Waals surface area contributed by atoms with Crippen molar-refractivity contribution < 1.29 is 43.0 Å². The number of esters is 1. The zero-order chi connectivity index (χ0) is 24.5. The lowest BCUT2D eigenvalue weighted by Crippen LogP contribution is -2.58. The monoisotopic (exact) mass is 460 g/mol. The van der Waals surface area contributed by atoms with Crippen molar-refractivity contribution in [1.29, 1.82) is 0 Å². The van der Waals surface area contributed by atoms with E-state index in [9.17, 15) is 28.8 Å². The SMILES string of the molecule is CCOC(=O)COc1cccc2c1C(=O)N(C1CCC(=O)N(C(=O)OC(C)(C)C)C1=O)C2=O. The first-order valence-corrected chi connectivity index (χ1v) is 10.3. The normalized spacial score (nSPS) is 18.4. The molecule has 2 heterocycles. The van der Waals surface area contributed by atoms with Gasteiger partial charge < -0.3 is 14.2 Å². The molecule has 2 aliphatic rings. The number of ether oxygens (including phenoxy) is 3. The summed E-state index contributed by atoms with van der Waals surface area (Å²) < 4.78 is 15.3. The molecule has 1 aromatic rings. The van der Waals surface area contributed by atoms with Gasteiger partial charge >= 0.3 is 12.1 Å². The van der Waals surface area contributed by atoms with Crippen LogP contribution in [-0.4, -0.2) is 70.3 Å². The molecule has 0 bridgehead atoms. The summed E-state index contributed by atoms with van der Waals surface area (Å²) in [7, 11) is 0. The molecule has 176 valence electrons. The standard InChI is InChI=1S/C22H24N2O9/c1-5-31-16(26)11-32-14-8-6-7-12-17(14)20(29)23(18(12)27)13-9-10-15(25)24(19(13)28)21(30)33-22(2,3)4/h6-8,13H,5,9-11H2,1-4H3. The first-order chi connectivity index (χ1) is 15.5. The molecule has 33 heavy (non-hydrogen) atoms. The van der Waals surface area contributed by atoms with Crippen LogP contribution in [-0.2, 0) is 23.9 Å². The first kappa shape index (κ1) is 23.9. The number of benzene rings is 1. The van der Waals surface area contributed by atoms with Gasteiger partial charge in [-0.25, -0.2) is 9.59 Å². The van der Waals surface area contributed by atoms with Crippen molar-refractivity contribution in [2.45, 2.75) is 52.2 Å². The van der Waals surface area contributed by atoms with Crippen molar-refractivity contribution in [1.82, 2.24) is 9.80 Å². The van der Waals surface area contributed by atoms with Gasteiger partial charge in [-0.2, -0.15) is 4.90 Å². The third-order valence-corrected chi connectivity index (χ3v) is 4.83. The summed E-state index contributed by atoms with van der Waals surface area (Å²) in [6.07, 6.45) is -1.55. The van der Waals surface area contributed by atoms with E-state index in [2.05, 4.69) is 0 Å². The van der Waals surface area contributed by atoms with Crippen molar-refractivity contribution in [2.75, 3.05) is 13.2 Å². The summed E-state index contributed by atoms with van der Waals surface area (Å²) in [4.78, 5) is 76.6. The molecule has 11 heteroatoms. The number of hydrogen-bond acceptors (Lipinski definition) is 9. The smallest absolute Gasteiger partial charge is 0.424 e. The van der Waals surface area contributed by atoms with Crippen LogP contribution in [0.1, 0.15) is 61.3 Å². The largest absolute Gasteiger partial charge is 0.481 e. The Hall–Kier alpha value is -3.76. The van der Waals surface area contributed by atoms with E-state index in [1.165, 1.54) is 18.2 Å². The molecule has 0 spiro atoms. The molecule has 0 radical (unpaired) electrons. The van der Waals surface area contributed by atoms with Crippen LogP contribution in [0.25, 0.3) is 0 Å². The van der Waals surface area contributed by atoms with Gasteiger partial charge in [0.1, 0.15) is 17.4 Å². The molecule has 5 amide bonds. The van der Waals surface area contributed by atoms with Crippen LogP contribution in [0, 0.1) is 0 Å². The topological polar surface area (TPSA) is 137 Å². The van der Waals surface area contributed by atoms with Gasteiger partial charge in [0.25, 0.3) is 17.7 Å². The summed E-state index contributed by atoms with van der Waals surface area (Å²) in [6, 6.07) is 2.89. The number of fused-ring (bicyclic) bond motifs is 1. The average Bonchev–Trinajstić information content (AvgIpc) is 2.97. The van der Waals surface area contributed by atoms with Crippen molar-refractivity contribution in [3.05, 3.63) is 29.3 Å². The molecule has 0 aliphatic carbocycles. The van der Waals surface area contributed by atoms with Gasteiger partial charge in [-0.05, 0) is 46.2 Å². The second-order valence-corrected chi connectivity index (χ2v) is 8.35. The van der Waals surface area contributed by atoms with Crippen LogP contribution in [0.15, 0.2) is 18.2 Å². The second-order valence-electron chi connectivity index (χ2n) is 8.35. The fraction of sp³-hybridized carbons (Fsp3) is 0.455. The van der Waals surface area contributed by atoms with Gasteiger partial charge in [-0.15, -0.1) is 0 Å². The maximum absolute atomic E-state index is 13.2. The fourth-order valence-corrected chi connectivity index (χ4v) is 3.52. The van der Waals surface area contributed by atoms with E-state index in [1.807, 2.05) is 0 Å². The van der Waals surface area contributed by atoms with Crippen LogP contribution in [0.3, 0.4) is 0 Å². The van der Waals surface area contributed by atoms with Gasteiger partial charge in [0.05, 0.1) is 17.7 Å². The highest BCUT2D eigenvalue weighted by Gasteiger charge is 2.50. The number of piperidine rings is 1. The van der Waals surface area contributed by atoms with Crippen molar-refractivity contribution in [2.24, 2.45) is 0 Å². The lowest BCUT2D eigenvalue weighted by molar-refractivity contribution is -0.150. The molecule has 3 rings (SSSR count). The van der Waals surface area contributed by atoms with Crippen molar-refractivity contribution in [3.63, 3.8) is 0 Å². The van der Waals surface area contributed by atoms with E-state index in [0.29, 0.717) is 9.80 Å². The summed E-state index contributed by atoms with van der Waals surface area (Å²) in [6.45, 7) is 6.02. The number of likely N-dealkylation sites (tertiary alicyclic amines) is 1. The third kappa shape index (κ3) is 4.71. The van der Waals surface area contributed by atoms with Gasteiger partial charge in [-0.1, -0.05) is 6.07 Å². The zero-order valence-electron chi connectivity index (χ0n) is 18.7. The average molecular weight is 460 g/mol. The van der Waals surface area contributed by atoms with Gasteiger partial charge in [0, 0.05) is 6.42 Å². The number of carbonyl (C=O) groups excluding carboxylic acids is 6. The molecular weight excluding hydrogens is 436 g/mol. The Kier molecular flexibility index (Phi) is 6.52. The first-order valence-electron chi connectivity index (χ1n) is 10.3. The Morgan fingerprint density at radius 3 is 2.42 bits per heavy atom. The highest BCUT2D eigenvalue weighted by molar-refractivity contribution is 6.25. The minimum Gasteiger partial charge on any atom is -0.481 e. The summed E-state index contributed by atoms with van der Waals surface area (Å²) in [5.41, 5.74) is -1.10. The molecule has 2 aliphatic heterocycles. The molecule has 1 saturated heterocycles. The maximum atomic E-state index is 13.2.